The highest BCUT2D eigenvalue weighted by atomic mass is 19.1. The first-order valence-corrected chi connectivity index (χ1v) is 6.54. The molecule has 0 aliphatic carbocycles. The molecule has 1 amide bonds. The standard InChI is InChI=1S/C15H15FN4O2/c1-15(2,3)22-14(21)19-13-10(8-17)9-18-20(13)12-6-4-11(16)5-7-12/h4-7,9H,1-3H3,(H,19,21). The van der Waals surface area contributed by atoms with E-state index in [1.54, 1.807) is 20.8 Å². The number of nitriles is 1. The first-order valence-electron chi connectivity index (χ1n) is 6.54. The zero-order chi connectivity index (χ0) is 16.3. The molecular weight excluding hydrogens is 287 g/mol. The second kappa shape index (κ2) is 5.85. The minimum Gasteiger partial charge on any atom is -0.444 e. The van der Waals surface area contributed by atoms with E-state index < -0.39 is 17.5 Å². The molecule has 0 fully saturated rings. The molecule has 1 heterocycles. The van der Waals surface area contributed by atoms with Crippen molar-refractivity contribution in [1.29, 1.82) is 5.26 Å². The van der Waals surface area contributed by atoms with Gasteiger partial charge in [-0.25, -0.2) is 13.9 Å². The van der Waals surface area contributed by atoms with Gasteiger partial charge in [-0.3, -0.25) is 5.32 Å². The number of hydrogen-bond acceptors (Lipinski definition) is 4. The molecule has 0 saturated carbocycles. The Labute approximate surface area is 127 Å². The molecule has 114 valence electrons. The van der Waals surface area contributed by atoms with E-state index in [0.717, 1.165) is 0 Å². The van der Waals surface area contributed by atoms with Crippen LogP contribution in [0, 0.1) is 17.1 Å². The molecule has 7 heteroatoms. The van der Waals surface area contributed by atoms with Gasteiger partial charge in [-0.1, -0.05) is 0 Å². The summed E-state index contributed by atoms with van der Waals surface area (Å²) in [4.78, 5) is 11.9. The highest BCUT2D eigenvalue weighted by Crippen LogP contribution is 2.21. The van der Waals surface area contributed by atoms with E-state index in [9.17, 15) is 9.18 Å². The smallest absolute Gasteiger partial charge is 0.413 e. The lowest BCUT2D eigenvalue weighted by atomic mass is 10.2. The Morgan fingerprint density at radius 2 is 2.00 bits per heavy atom. The van der Waals surface area contributed by atoms with Crippen LogP contribution in [0.4, 0.5) is 15.0 Å². The number of hydrogen-bond donors (Lipinski definition) is 1. The zero-order valence-corrected chi connectivity index (χ0v) is 12.4. The van der Waals surface area contributed by atoms with Crippen LogP contribution in [0.25, 0.3) is 5.69 Å². The summed E-state index contributed by atoms with van der Waals surface area (Å²) in [7, 11) is 0. The van der Waals surface area contributed by atoms with Crippen molar-refractivity contribution in [1.82, 2.24) is 9.78 Å². The van der Waals surface area contributed by atoms with Gasteiger partial charge in [-0.15, -0.1) is 0 Å². The van der Waals surface area contributed by atoms with Crippen molar-refractivity contribution in [3.8, 4) is 11.8 Å². The zero-order valence-electron chi connectivity index (χ0n) is 12.4. The Hall–Kier alpha value is -2.88. The van der Waals surface area contributed by atoms with Gasteiger partial charge in [0, 0.05) is 0 Å². The minimum absolute atomic E-state index is 0.170. The Morgan fingerprint density at radius 3 is 2.55 bits per heavy atom. The van der Waals surface area contributed by atoms with Gasteiger partial charge in [0.1, 0.15) is 23.1 Å². The van der Waals surface area contributed by atoms with Crippen LogP contribution in [0.15, 0.2) is 30.5 Å². The molecular formula is C15H15FN4O2. The topological polar surface area (TPSA) is 79.9 Å². The Kier molecular flexibility index (Phi) is 4.13. The van der Waals surface area contributed by atoms with Crippen LogP contribution in [0.2, 0.25) is 0 Å². The fourth-order valence-corrected chi connectivity index (χ4v) is 1.73. The molecule has 0 spiro atoms. The van der Waals surface area contributed by atoms with Gasteiger partial charge in [0.2, 0.25) is 0 Å². The van der Waals surface area contributed by atoms with Gasteiger partial charge in [-0.2, -0.15) is 10.4 Å². The first kappa shape index (κ1) is 15.5. The van der Waals surface area contributed by atoms with Gasteiger partial charge >= 0.3 is 6.09 Å². The minimum atomic E-state index is -0.701. The second-order valence-corrected chi connectivity index (χ2v) is 5.53. The first-order chi connectivity index (χ1) is 10.3. The van der Waals surface area contributed by atoms with Crippen molar-refractivity contribution in [3.63, 3.8) is 0 Å². The van der Waals surface area contributed by atoms with E-state index in [4.69, 9.17) is 10.00 Å². The number of aromatic nitrogens is 2. The van der Waals surface area contributed by atoms with Gasteiger partial charge in [0.15, 0.2) is 5.82 Å². The molecule has 0 radical (unpaired) electrons. The molecule has 22 heavy (non-hydrogen) atoms. The van der Waals surface area contributed by atoms with Crippen LogP contribution in [0.3, 0.4) is 0 Å². The third-order valence-electron chi connectivity index (χ3n) is 2.58. The summed E-state index contributed by atoms with van der Waals surface area (Å²) in [6, 6.07) is 7.45. The highest BCUT2D eigenvalue weighted by molar-refractivity contribution is 5.86. The van der Waals surface area contributed by atoms with Crippen LogP contribution >= 0.6 is 0 Å². The van der Waals surface area contributed by atoms with Gasteiger partial charge < -0.3 is 4.74 Å². The summed E-state index contributed by atoms with van der Waals surface area (Å²) >= 11 is 0. The van der Waals surface area contributed by atoms with E-state index in [0.29, 0.717) is 5.69 Å². The number of rotatable bonds is 2. The van der Waals surface area contributed by atoms with Crippen LogP contribution in [0.1, 0.15) is 26.3 Å². The van der Waals surface area contributed by atoms with Crippen LogP contribution in [-0.2, 0) is 4.74 Å². The number of ether oxygens (including phenoxy) is 1. The normalized spacial score (nSPS) is 10.9. The predicted molar refractivity (Wildman–Crippen MR) is 78.1 cm³/mol. The lowest BCUT2D eigenvalue weighted by Crippen LogP contribution is -2.28. The highest BCUT2D eigenvalue weighted by Gasteiger charge is 2.20. The maximum atomic E-state index is 13.0. The number of carbonyl (C=O) groups excluding carboxylic acids is 1. The molecule has 6 nitrogen and oxygen atoms in total. The number of anilines is 1. The fraction of sp³-hybridized carbons (Fsp3) is 0.267. The quantitative estimate of drug-likeness (QED) is 0.923. The maximum Gasteiger partial charge on any atom is 0.413 e. The molecule has 0 unspecified atom stereocenters. The summed E-state index contributed by atoms with van der Waals surface area (Å²) in [6.07, 6.45) is 0.614. The number of nitrogens with zero attached hydrogens (tertiary/aromatic N) is 3. The number of amides is 1. The number of benzene rings is 1. The molecule has 0 aliphatic rings. The van der Waals surface area contributed by atoms with Gasteiger partial charge in [0.05, 0.1) is 11.9 Å². The molecule has 0 saturated heterocycles. The molecule has 1 aromatic carbocycles. The summed E-state index contributed by atoms with van der Waals surface area (Å²) in [5.41, 5.74) is 0.0154. The monoisotopic (exact) mass is 302 g/mol. The van der Waals surface area contributed by atoms with Gasteiger partial charge in [-0.05, 0) is 45.0 Å². The fourth-order valence-electron chi connectivity index (χ4n) is 1.73. The number of halogens is 1. The Balaban J connectivity index is 2.34. The second-order valence-electron chi connectivity index (χ2n) is 5.53. The molecule has 2 aromatic rings. The van der Waals surface area contributed by atoms with Crippen molar-refractivity contribution in [2.75, 3.05) is 5.32 Å². The third-order valence-corrected chi connectivity index (χ3v) is 2.58. The Morgan fingerprint density at radius 1 is 1.36 bits per heavy atom. The molecule has 0 atom stereocenters. The summed E-state index contributed by atoms with van der Waals surface area (Å²) < 4.78 is 19.5. The van der Waals surface area contributed by atoms with E-state index >= 15 is 0 Å². The average Bonchev–Trinajstić information content (AvgIpc) is 2.80. The van der Waals surface area contributed by atoms with Crippen LogP contribution in [0.5, 0.6) is 0 Å². The maximum absolute atomic E-state index is 13.0. The molecule has 1 aromatic heterocycles. The summed E-state index contributed by atoms with van der Waals surface area (Å²) in [5, 5.41) is 15.7. The Bertz CT molecular complexity index is 723. The lowest BCUT2D eigenvalue weighted by molar-refractivity contribution is 0.0635. The third kappa shape index (κ3) is 3.61. The van der Waals surface area contributed by atoms with Crippen LogP contribution < -0.4 is 5.32 Å². The van der Waals surface area contributed by atoms with Crippen molar-refractivity contribution in [2.45, 2.75) is 26.4 Å². The number of carbonyl (C=O) groups is 1. The van der Waals surface area contributed by atoms with E-state index in [-0.39, 0.29) is 11.4 Å². The largest absolute Gasteiger partial charge is 0.444 e. The molecule has 0 aliphatic heterocycles. The van der Waals surface area contributed by atoms with E-state index in [2.05, 4.69) is 10.4 Å². The molecule has 1 N–H and O–H groups in total. The SMILES string of the molecule is CC(C)(C)OC(=O)Nc1c(C#N)cnn1-c1ccc(F)cc1. The van der Waals surface area contributed by atoms with Crippen molar-refractivity contribution >= 4 is 11.9 Å². The van der Waals surface area contributed by atoms with Gasteiger partial charge in [0.25, 0.3) is 0 Å². The van der Waals surface area contributed by atoms with E-state index in [1.165, 1.54) is 35.1 Å². The summed E-state index contributed by atoms with van der Waals surface area (Å²) in [6.45, 7) is 5.19. The van der Waals surface area contributed by atoms with Crippen molar-refractivity contribution in [3.05, 3.63) is 41.8 Å². The van der Waals surface area contributed by atoms with E-state index in [1.807, 2.05) is 6.07 Å². The molecule has 0 bridgehead atoms. The van der Waals surface area contributed by atoms with Crippen LogP contribution in [-0.4, -0.2) is 21.5 Å². The average molecular weight is 302 g/mol. The summed E-state index contributed by atoms with van der Waals surface area (Å²) in [5.74, 6) is -0.221. The predicted octanol–water partition coefficient (Wildman–Crippen LogP) is 3.23. The number of nitrogens with one attached hydrogen (secondary N) is 1. The van der Waals surface area contributed by atoms with Crippen molar-refractivity contribution < 1.29 is 13.9 Å². The van der Waals surface area contributed by atoms with Crippen molar-refractivity contribution in [2.24, 2.45) is 0 Å². The molecule has 2 rings (SSSR count). The lowest BCUT2D eigenvalue weighted by Gasteiger charge is -2.20.